The molecule has 0 aliphatic heterocycles. The van der Waals surface area contributed by atoms with Crippen LogP contribution in [0.3, 0.4) is 0 Å². The molecule has 3 atom stereocenters. The number of carbonyl (C=O) groups is 3. The summed E-state index contributed by atoms with van der Waals surface area (Å²) in [5, 5.41) is 4.59. The van der Waals surface area contributed by atoms with Crippen LogP contribution in [0.2, 0.25) is 0 Å². The number of amides is 3. The Labute approximate surface area is 228 Å². The summed E-state index contributed by atoms with van der Waals surface area (Å²) >= 11 is 1.52. The Morgan fingerprint density at radius 2 is 1.71 bits per heavy atom. The minimum atomic E-state index is -0.953. The van der Waals surface area contributed by atoms with Gasteiger partial charge in [-0.3, -0.25) is 14.4 Å². The lowest BCUT2D eigenvalue weighted by atomic mass is 10.0. The van der Waals surface area contributed by atoms with Crippen molar-refractivity contribution in [2.75, 3.05) is 27.7 Å². The van der Waals surface area contributed by atoms with E-state index < -0.39 is 12.1 Å². The number of nitrogens with two attached hydrogens (primary N) is 1. The molecule has 9 heteroatoms. The monoisotopic (exact) mass is 536 g/mol. The van der Waals surface area contributed by atoms with Gasteiger partial charge in [0, 0.05) is 44.0 Å². The molecule has 3 amide bonds. The molecule has 0 aliphatic rings. The molecule has 0 fully saturated rings. The average molecular weight is 537 g/mol. The number of hydrogen-bond acceptors (Lipinski definition) is 6. The van der Waals surface area contributed by atoms with Crippen LogP contribution in [0.25, 0.3) is 0 Å². The van der Waals surface area contributed by atoms with Gasteiger partial charge in [-0.05, 0) is 41.6 Å². The molecule has 0 saturated carbocycles. The van der Waals surface area contributed by atoms with E-state index in [1.54, 1.807) is 39.3 Å². The zero-order chi connectivity index (χ0) is 27.7. The van der Waals surface area contributed by atoms with Crippen molar-refractivity contribution in [1.82, 2.24) is 15.1 Å². The second-order valence-corrected chi connectivity index (χ2v) is 10.2. The minimum Gasteiger partial charge on any atom is -0.374 e. The van der Waals surface area contributed by atoms with Crippen LogP contribution in [-0.4, -0.2) is 67.4 Å². The van der Waals surface area contributed by atoms with Gasteiger partial charge >= 0.3 is 0 Å². The van der Waals surface area contributed by atoms with Crippen molar-refractivity contribution in [3.8, 4) is 0 Å². The van der Waals surface area contributed by atoms with Crippen LogP contribution in [0.15, 0.2) is 72.1 Å². The third kappa shape index (κ3) is 7.50. The fraction of sp³-hybridized carbons (Fsp3) is 0.345. The Balaban J connectivity index is 1.86. The first-order valence-electron chi connectivity index (χ1n) is 12.5. The normalized spacial score (nSPS) is 13.3. The SMILES string of the molecule is CNC(=O)[C@@H](Cc1cccs1)N(C)C(=O)[C@@H](COCc1ccccc1)N(C)C(=O)c1cccc(C(C)N)c1. The molecule has 1 unspecified atom stereocenters. The zero-order valence-corrected chi connectivity index (χ0v) is 23.1. The first kappa shape index (κ1) is 29.0. The molecule has 2 aromatic carbocycles. The highest BCUT2D eigenvalue weighted by atomic mass is 32.1. The summed E-state index contributed by atoms with van der Waals surface area (Å²) in [6.45, 7) is 2.09. The maximum Gasteiger partial charge on any atom is 0.254 e. The molecule has 38 heavy (non-hydrogen) atoms. The molecule has 0 radical (unpaired) electrons. The Hall–Kier alpha value is -3.53. The summed E-state index contributed by atoms with van der Waals surface area (Å²) in [5.41, 5.74) is 8.21. The Kier molecular flexibility index (Phi) is 10.6. The van der Waals surface area contributed by atoms with E-state index in [2.05, 4.69) is 5.32 Å². The van der Waals surface area contributed by atoms with Gasteiger partial charge in [0.05, 0.1) is 13.2 Å². The molecule has 1 aromatic heterocycles. The molecule has 0 spiro atoms. The maximum atomic E-state index is 13.9. The summed E-state index contributed by atoms with van der Waals surface area (Å²) < 4.78 is 5.93. The summed E-state index contributed by atoms with van der Waals surface area (Å²) in [4.78, 5) is 44.0. The van der Waals surface area contributed by atoms with Crippen molar-refractivity contribution in [3.63, 3.8) is 0 Å². The molecule has 202 valence electrons. The fourth-order valence-corrected chi connectivity index (χ4v) is 4.83. The number of thiophene rings is 1. The largest absolute Gasteiger partial charge is 0.374 e. The van der Waals surface area contributed by atoms with Crippen LogP contribution in [0, 0.1) is 0 Å². The lowest BCUT2D eigenvalue weighted by Crippen LogP contribution is -2.56. The molecular weight excluding hydrogens is 500 g/mol. The third-order valence-electron chi connectivity index (χ3n) is 6.46. The minimum absolute atomic E-state index is 0.0350. The Morgan fingerprint density at radius 1 is 0.974 bits per heavy atom. The number of likely N-dealkylation sites (N-methyl/N-ethyl adjacent to an activating group) is 3. The zero-order valence-electron chi connectivity index (χ0n) is 22.3. The van der Waals surface area contributed by atoms with Gasteiger partial charge in [0.15, 0.2) is 0 Å². The molecule has 3 rings (SSSR count). The van der Waals surface area contributed by atoms with Crippen LogP contribution in [0.5, 0.6) is 0 Å². The fourth-order valence-electron chi connectivity index (χ4n) is 4.09. The first-order chi connectivity index (χ1) is 18.2. The van der Waals surface area contributed by atoms with Gasteiger partial charge in [-0.1, -0.05) is 48.5 Å². The van der Waals surface area contributed by atoms with Gasteiger partial charge < -0.3 is 25.6 Å². The Morgan fingerprint density at radius 3 is 2.34 bits per heavy atom. The smallest absolute Gasteiger partial charge is 0.254 e. The third-order valence-corrected chi connectivity index (χ3v) is 7.36. The molecule has 0 saturated heterocycles. The lowest BCUT2D eigenvalue weighted by molar-refractivity contribution is -0.143. The second kappa shape index (κ2) is 13.9. The summed E-state index contributed by atoms with van der Waals surface area (Å²) in [7, 11) is 4.72. The molecule has 0 bridgehead atoms. The van der Waals surface area contributed by atoms with Crippen molar-refractivity contribution in [3.05, 3.63) is 93.7 Å². The van der Waals surface area contributed by atoms with E-state index in [0.29, 0.717) is 12.0 Å². The molecule has 1 heterocycles. The van der Waals surface area contributed by atoms with Gasteiger partial charge in [-0.15, -0.1) is 11.3 Å². The second-order valence-electron chi connectivity index (χ2n) is 9.21. The predicted octanol–water partition coefficient (Wildman–Crippen LogP) is 3.24. The average Bonchev–Trinajstić information content (AvgIpc) is 3.46. The number of benzene rings is 2. The maximum absolute atomic E-state index is 13.9. The van der Waals surface area contributed by atoms with Crippen molar-refractivity contribution < 1.29 is 19.1 Å². The van der Waals surface area contributed by atoms with E-state index in [9.17, 15) is 14.4 Å². The van der Waals surface area contributed by atoms with E-state index in [0.717, 1.165) is 16.0 Å². The molecule has 8 nitrogen and oxygen atoms in total. The van der Waals surface area contributed by atoms with Gasteiger partial charge in [-0.2, -0.15) is 0 Å². The number of rotatable bonds is 12. The molecule has 3 aromatic rings. The van der Waals surface area contributed by atoms with E-state index in [1.165, 1.54) is 21.1 Å². The number of nitrogens with zero attached hydrogens (tertiary/aromatic N) is 2. The number of ether oxygens (including phenoxy) is 1. The molecular formula is C29H36N4O4S. The van der Waals surface area contributed by atoms with E-state index in [-0.39, 0.29) is 37.0 Å². The van der Waals surface area contributed by atoms with Crippen molar-refractivity contribution in [2.45, 2.75) is 38.1 Å². The van der Waals surface area contributed by atoms with Crippen molar-refractivity contribution >= 4 is 29.1 Å². The van der Waals surface area contributed by atoms with Crippen LogP contribution < -0.4 is 11.1 Å². The number of hydrogen-bond donors (Lipinski definition) is 2. The summed E-state index contributed by atoms with van der Waals surface area (Å²) in [5.74, 6) is -1.00. The van der Waals surface area contributed by atoms with Crippen LogP contribution in [0.1, 0.15) is 39.3 Å². The van der Waals surface area contributed by atoms with Crippen LogP contribution in [-0.2, 0) is 27.4 Å². The standard InChI is InChI=1S/C29H36N4O4S/c1-20(30)22-12-8-13-23(16-22)28(35)33(4)26(19-37-18-21-10-6-5-7-11-21)29(36)32(3)25(27(34)31-2)17-24-14-9-15-38-24/h5-16,20,25-26H,17-19,30H2,1-4H3,(H,31,34)/t20?,25-,26-/m1/s1. The van der Waals surface area contributed by atoms with E-state index >= 15 is 0 Å². The topological polar surface area (TPSA) is 105 Å². The quantitative estimate of drug-likeness (QED) is 0.370. The molecule has 3 N–H and O–H groups in total. The highest BCUT2D eigenvalue weighted by molar-refractivity contribution is 7.09. The number of nitrogens with one attached hydrogen (secondary N) is 1. The first-order valence-corrected chi connectivity index (χ1v) is 13.4. The van der Waals surface area contributed by atoms with Crippen molar-refractivity contribution in [1.29, 1.82) is 0 Å². The van der Waals surface area contributed by atoms with Gasteiger partial charge in [0.2, 0.25) is 11.8 Å². The van der Waals surface area contributed by atoms with Gasteiger partial charge in [-0.25, -0.2) is 0 Å². The van der Waals surface area contributed by atoms with E-state index in [4.69, 9.17) is 10.5 Å². The Bertz CT molecular complexity index is 1200. The van der Waals surface area contributed by atoms with Crippen LogP contribution in [0.4, 0.5) is 0 Å². The highest BCUT2D eigenvalue weighted by Gasteiger charge is 2.35. The number of carbonyl (C=O) groups excluding carboxylic acids is 3. The lowest BCUT2D eigenvalue weighted by Gasteiger charge is -2.34. The summed E-state index contributed by atoms with van der Waals surface area (Å²) in [6.07, 6.45) is 0.366. The van der Waals surface area contributed by atoms with Gasteiger partial charge in [0.25, 0.3) is 5.91 Å². The van der Waals surface area contributed by atoms with Crippen LogP contribution >= 0.6 is 11.3 Å². The van der Waals surface area contributed by atoms with E-state index in [1.807, 2.05) is 60.8 Å². The van der Waals surface area contributed by atoms with Gasteiger partial charge in [0.1, 0.15) is 12.1 Å². The highest BCUT2D eigenvalue weighted by Crippen LogP contribution is 2.18. The van der Waals surface area contributed by atoms with Crippen molar-refractivity contribution in [2.24, 2.45) is 5.73 Å². The molecule has 0 aliphatic carbocycles. The predicted molar refractivity (Wildman–Crippen MR) is 150 cm³/mol. The summed E-state index contributed by atoms with van der Waals surface area (Å²) in [6, 6.07) is 18.6.